The average molecular weight is 259 g/mol. The summed E-state index contributed by atoms with van der Waals surface area (Å²) in [6.45, 7) is 6.62. The van der Waals surface area contributed by atoms with E-state index in [2.05, 4.69) is 0 Å². The van der Waals surface area contributed by atoms with E-state index >= 15 is 0 Å². The largest absolute Gasteiger partial charge is 0.465 e. The maximum Gasteiger partial charge on any atom is 0.325 e. The number of methoxy groups -OCH3 is 1. The highest BCUT2D eigenvalue weighted by atomic mass is 16.5. The van der Waals surface area contributed by atoms with Gasteiger partial charge >= 0.3 is 5.97 Å². The van der Waals surface area contributed by atoms with E-state index in [1.807, 2.05) is 13.8 Å². The highest BCUT2D eigenvalue weighted by Gasteiger charge is 2.17. The fourth-order valence-electron chi connectivity index (χ4n) is 1.53. The molecule has 0 aromatic rings. The normalized spacial score (nSPS) is 12.0. The number of carbonyl (C=O) groups excluding carboxylic acids is 2. The molecule has 106 valence electrons. The second-order valence-corrected chi connectivity index (χ2v) is 4.21. The molecule has 0 radical (unpaired) electrons. The summed E-state index contributed by atoms with van der Waals surface area (Å²) in [6.07, 6.45) is 1.94. The molecule has 0 rings (SSSR count). The van der Waals surface area contributed by atoms with E-state index in [4.69, 9.17) is 9.47 Å². The van der Waals surface area contributed by atoms with Crippen LogP contribution >= 0.6 is 0 Å². The fraction of sp³-hybridized carbons (Fsp3) is 0.846. The third-order valence-corrected chi connectivity index (χ3v) is 2.64. The Morgan fingerprint density at radius 2 is 1.94 bits per heavy atom. The fourth-order valence-corrected chi connectivity index (χ4v) is 1.53. The predicted octanol–water partition coefficient (Wildman–Crippen LogP) is 1.60. The lowest BCUT2D eigenvalue weighted by atomic mass is 10.2. The quantitative estimate of drug-likeness (QED) is 0.590. The Kier molecular flexibility index (Phi) is 9.28. The summed E-state index contributed by atoms with van der Waals surface area (Å²) in [5, 5.41) is 0. The van der Waals surface area contributed by atoms with Gasteiger partial charge in [0, 0.05) is 20.1 Å². The van der Waals surface area contributed by atoms with E-state index in [1.54, 1.807) is 18.9 Å². The molecule has 0 bridgehead atoms. The Hall–Kier alpha value is -1.10. The lowest BCUT2D eigenvalue weighted by Gasteiger charge is -2.21. The van der Waals surface area contributed by atoms with Gasteiger partial charge in [0.15, 0.2) is 0 Å². The first kappa shape index (κ1) is 16.9. The molecule has 0 N–H and O–H groups in total. The first-order valence-corrected chi connectivity index (χ1v) is 6.51. The Bertz CT molecular complexity index is 255. The summed E-state index contributed by atoms with van der Waals surface area (Å²) in [7, 11) is 1.62. The minimum Gasteiger partial charge on any atom is -0.465 e. The molecule has 0 heterocycles. The van der Waals surface area contributed by atoms with Crippen LogP contribution in [-0.2, 0) is 19.1 Å². The topological polar surface area (TPSA) is 55.8 Å². The summed E-state index contributed by atoms with van der Waals surface area (Å²) in [5.74, 6) is -0.368. The molecule has 1 atom stereocenters. The minimum atomic E-state index is -0.348. The molecule has 1 unspecified atom stereocenters. The van der Waals surface area contributed by atoms with Crippen molar-refractivity contribution in [3.8, 4) is 0 Å². The number of nitrogens with zero attached hydrogens (tertiary/aromatic N) is 1. The van der Waals surface area contributed by atoms with Crippen LogP contribution in [0.3, 0.4) is 0 Å². The van der Waals surface area contributed by atoms with Crippen molar-refractivity contribution in [2.24, 2.45) is 0 Å². The van der Waals surface area contributed by atoms with Gasteiger partial charge in [-0.15, -0.1) is 0 Å². The maximum absolute atomic E-state index is 12.0. The van der Waals surface area contributed by atoms with E-state index in [9.17, 15) is 9.59 Å². The molecular weight excluding hydrogens is 234 g/mol. The van der Waals surface area contributed by atoms with Crippen LogP contribution in [0.5, 0.6) is 0 Å². The Labute approximate surface area is 109 Å². The average Bonchev–Trinajstić information content (AvgIpc) is 2.35. The molecule has 0 aromatic carbocycles. The summed E-state index contributed by atoms with van der Waals surface area (Å²) < 4.78 is 9.96. The van der Waals surface area contributed by atoms with E-state index in [1.165, 1.54) is 0 Å². The van der Waals surface area contributed by atoms with Crippen LogP contribution in [0.15, 0.2) is 0 Å². The van der Waals surface area contributed by atoms with Gasteiger partial charge in [-0.1, -0.05) is 6.92 Å². The van der Waals surface area contributed by atoms with Crippen molar-refractivity contribution in [1.29, 1.82) is 0 Å². The Morgan fingerprint density at radius 1 is 1.28 bits per heavy atom. The molecule has 18 heavy (non-hydrogen) atoms. The van der Waals surface area contributed by atoms with Crippen LogP contribution in [0.1, 0.15) is 40.0 Å². The standard InChI is InChI=1S/C13H25NO4/c1-5-9-14(10-13(16)18-6-2)12(15)8-7-11(3)17-4/h11H,5-10H2,1-4H3. The number of carbonyl (C=O) groups is 2. The highest BCUT2D eigenvalue weighted by Crippen LogP contribution is 2.05. The number of hydrogen-bond acceptors (Lipinski definition) is 4. The zero-order valence-electron chi connectivity index (χ0n) is 11.9. The SMILES string of the molecule is CCCN(CC(=O)OCC)C(=O)CCC(C)OC. The monoisotopic (exact) mass is 259 g/mol. The first-order valence-electron chi connectivity index (χ1n) is 6.51. The summed E-state index contributed by atoms with van der Waals surface area (Å²) in [4.78, 5) is 24.9. The van der Waals surface area contributed by atoms with Crippen molar-refractivity contribution >= 4 is 11.9 Å². The first-order chi connectivity index (χ1) is 8.54. The zero-order chi connectivity index (χ0) is 14.0. The molecule has 5 nitrogen and oxygen atoms in total. The van der Waals surface area contributed by atoms with Gasteiger partial charge in [0.05, 0.1) is 12.7 Å². The molecule has 0 fully saturated rings. The number of ether oxygens (including phenoxy) is 2. The van der Waals surface area contributed by atoms with Crippen molar-refractivity contribution < 1.29 is 19.1 Å². The van der Waals surface area contributed by atoms with E-state index < -0.39 is 0 Å². The van der Waals surface area contributed by atoms with Crippen molar-refractivity contribution in [2.45, 2.75) is 46.1 Å². The smallest absolute Gasteiger partial charge is 0.325 e. The van der Waals surface area contributed by atoms with Crippen LogP contribution in [0, 0.1) is 0 Å². The lowest BCUT2D eigenvalue weighted by Crippen LogP contribution is -2.37. The molecule has 0 aliphatic carbocycles. The van der Waals surface area contributed by atoms with E-state index in [0.29, 0.717) is 26.0 Å². The molecular formula is C13H25NO4. The van der Waals surface area contributed by atoms with Gasteiger partial charge in [-0.3, -0.25) is 9.59 Å². The van der Waals surface area contributed by atoms with Gasteiger partial charge in [-0.25, -0.2) is 0 Å². The van der Waals surface area contributed by atoms with Crippen molar-refractivity contribution in [3.05, 3.63) is 0 Å². The van der Waals surface area contributed by atoms with Gasteiger partial charge in [0.1, 0.15) is 6.54 Å². The molecule has 1 amide bonds. The third kappa shape index (κ3) is 7.27. The van der Waals surface area contributed by atoms with Gasteiger partial charge in [0.25, 0.3) is 0 Å². The number of amides is 1. The predicted molar refractivity (Wildman–Crippen MR) is 69.2 cm³/mol. The number of esters is 1. The zero-order valence-corrected chi connectivity index (χ0v) is 11.9. The van der Waals surface area contributed by atoms with E-state index in [-0.39, 0.29) is 24.5 Å². The third-order valence-electron chi connectivity index (χ3n) is 2.64. The van der Waals surface area contributed by atoms with Crippen LogP contribution in [0.2, 0.25) is 0 Å². The van der Waals surface area contributed by atoms with Crippen LogP contribution in [-0.4, -0.2) is 49.7 Å². The Morgan fingerprint density at radius 3 is 2.44 bits per heavy atom. The lowest BCUT2D eigenvalue weighted by molar-refractivity contribution is -0.149. The maximum atomic E-state index is 12.0. The molecule has 0 aromatic heterocycles. The summed E-state index contributed by atoms with van der Waals surface area (Å²) in [5.41, 5.74) is 0. The minimum absolute atomic E-state index is 0.0196. The molecule has 0 saturated carbocycles. The molecule has 0 aliphatic heterocycles. The van der Waals surface area contributed by atoms with Crippen LogP contribution in [0.4, 0.5) is 0 Å². The molecule has 5 heteroatoms. The molecule has 0 spiro atoms. The molecule has 0 saturated heterocycles. The van der Waals surface area contributed by atoms with Gasteiger partial charge in [-0.2, -0.15) is 0 Å². The summed E-state index contributed by atoms with van der Waals surface area (Å²) in [6, 6.07) is 0. The van der Waals surface area contributed by atoms with Crippen molar-refractivity contribution in [3.63, 3.8) is 0 Å². The van der Waals surface area contributed by atoms with Crippen molar-refractivity contribution in [1.82, 2.24) is 4.90 Å². The van der Waals surface area contributed by atoms with Gasteiger partial charge in [-0.05, 0) is 26.7 Å². The highest BCUT2D eigenvalue weighted by molar-refractivity contribution is 5.82. The van der Waals surface area contributed by atoms with E-state index in [0.717, 1.165) is 6.42 Å². The molecule has 0 aliphatic rings. The van der Waals surface area contributed by atoms with Gasteiger partial charge < -0.3 is 14.4 Å². The van der Waals surface area contributed by atoms with Crippen LogP contribution in [0.25, 0.3) is 0 Å². The number of rotatable bonds is 9. The van der Waals surface area contributed by atoms with Gasteiger partial charge in [0.2, 0.25) is 5.91 Å². The van der Waals surface area contributed by atoms with Crippen molar-refractivity contribution in [2.75, 3.05) is 26.8 Å². The Balaban J connectivity index is 4.22. The second-order valence-electron chi connectivity index (χ2n) is 4.21. The van der Waals surface area contributed by atoms with Crippen LogP contribution < -0.4 is 0 Å². The summed E-state index contributed by atoms with van der Waals surface area (Å²) >= 11 is 0. The number of hydrogen-bond donors (Lipinski definition) is 0. The second kappa shape index (κ2) is 9.88.